The third-order valence-electron chi connectivity index (χ3n) is 2.96. The van der Waals surface area contributed by atoms with Crippen LogP contribution in [0.4, 0.5) is 11.5 Å². The molecule has 5 heteroatoms. The number of carbonyl (C=O) groups excluding carboxylic acids is 1. The van der Waals surface area contributed by atoms with Crippen molar-refractivity contribution >= 4 is 17.4 Å². The highest BCUT2D eigenvalue weighted by Gasteiger charge is 2.17. The molecule has 0 spiro atoms. The number of aromatic nitrogens is 1. The van der Waals surface area contributed by atoms with E-state index in [9.17, 15) is 4.79 Å². The van der Waals surface area contributed by atoms with Gasteiger partial charge in [-0.3, -0.25) is 4.79 Å². The Hall–Kier alpha value is -1.78. The Morgan fingerprint density at radius 2 is 2.25 bits per heavy atom. The van der Waals surface area contributed by atoms with E-state index >= 15 is 0 Å². The maximum atomic E-state index is 11.0. The van der Waals surface area contributed by atoms with Crippen molar-refractivity contribution < 1.29 is 4.79 Å². The molecule has 0 bridgehead atoms. The number of nitrogens with two attached hydrogens (primary N) is 2. The molecule has 86 valence electrons. The zero-order valence-electron chi connectivity index (χ0n) is 9.07. The van der Waals surface area contributed by atoms with Crippen LogP contribution in [0.15, 0.2) is 12.1 Å². The molecule has 5 N–H and O–H groups in total. The molecule has 0 saturated heterocycles. The van der Waals surface area contributed by atoms with Gasteiger partial charge in [-0.15, -0.1) is 0 Å². The van der Waals surface area contributed by atoms with E-state index < -0.39 is 5.91 Å². The maximum Gasteiger partial charge on any atom is 0.267 e. The summed E-state index contributed by atoms with van der Waals surface area (Å²) in [5.74, 6) is 0.730. The van der Waals surface area contributed by atoms with Gasteiger partial charge < -0.3 is 16.8 Å². The molecule has 0 radical (unpaired) electrons. The Bertz CT molecular complexity index is 401. The number of nitrogens with one attached hydrogen (secondary N) is 1. The van der Waals surface area contributed by atoms with Crippen molar-refractivity contribution in [3.8, 4) is 0 Å². The van der Waals surface area contributed by atoms with E-state index in [2.05, 4.69) is 10.3 Å². The van der Waals surface area contributed by atoms with E-state index in [-0.39, 0.29) is 5.69 Å². The lowest BCUT2D eigenvalue weighted by molar-refractivity contribution is 0.0996. The van der Waals surface area contributed by atoms with E-state index in [1.54, 1.807) is 6.07 Å². The van der Waals surface area contributed by atoms with Gasteiger partial charge in [-0.25, -0.2) is 4.98 Å². The van der Waals surface area contributed by atoms with Gasteiger partial charge in [-0.1, -0.05) is 6.42 Å². The lowest BCUT2D eigenvalue weighted by Crippen LogP contribution is -2.22. The molecule has 1 fully saturated rings. The Labute approximate surface area is 94.2 Å². The predicted octanol–water partition coefficient (Wildman–Crippen LogP) is 0.975. The molecule has 1 aliphatic carbocycles. The molecule has 0 aromatic carbocycles. The summed E-state index contributed by atoms with van der Waals surface area (Å²) in [5, 5.41) is 3.17. The third kappa shape index (κ3) is 2.24. The minimum absolute atomic E-state index is 0.241. The van der Waals surface area contributed by atoms with Gasteiger partial charge in [0.15, 0.2) is 0 Å². The summed E-state index contributed by atoms with van der Waals surface area (Å²) in [6.45, 7) is 0.861. The minimum Gasteiger partial charge on any atom is -0.396 e. The second kappa shape index (κ2) is 4.38. The van der Waals surface area contributed by atoms with Crippen molar-refractivity contribution in [3.05, 3.63) is 17.8 Å². The average Bonchev–Trinajstić information content (AvgIpc) is 2.18. The molecule has 5 nitrogen and oxygen atoms in total. The highest BCUT2D eigenvalue weighted by atomic mass is 16.1. The maximum absolute atomic E-state index is 11.0. The van der Waals surface area contributed by atoms with Crippen LogP contribution in [-0.4, -0.2) is 17.4 Å². The lowest BCUT2D eigenvalue weighted by Gasteiger charge is -2.25. The summed E-state index contributed by atoms with van der Waals surface area (Å²) in [5.41, 5.74) is 11.7. The monoisotopic (exact) mass is 220 g/mol. The fourth-order valence-electron chi connectivity index (χ4n) is 1.69. The molecule has 16 heavy (non-hydrogen) atoms. The second-order valence-electron chi connectivity index (χ2n) is 4.18. The van der Waals surface area contributed by atoms with E-state index in [4.69, 9.17) is 11.5 Å². The summed E-state index contributed by atoms with van der Waals surface area (Å²) < 4.78 is 0. The number of pyridine rings is 1. The van der Waals surface area contributed by atoms with Gasteiger partial charge in [0.05, 0.1) is 5.69 Å². The SMILES string of the molecule is NC(=O)c1ccc(N)c(NCC2CCC2)n1. The first-order valence-electron chi connectivity index (χ1n) is 5.47. The number of nitrogen functional groups attached to an aromatic ring is 1. The van der Waals surface area contributed by atoms with Crippen LogP contribution in [0.1, 0.15) is 29.8 Å². The highest BCUT2D eigenvalue weighted by Crippen LogP contribution is 2.27. The van der Waals surface area contributed by atoms with E-state index in [0.717, 1.165) is 6.54 Å². The average molecular weight is 220 g/mol. The summed E-state index contributed by atoms with van der Waals surface area (Å²) in [4.78, 5) is 15.1. The lowest BCUT2D eigenvalue weighted by atomic mass is 9.85. The van der Waals surface area contributed by atoms with Crippen LogP contribution in [0, 0.1) is 5.92 Å². The van der Waals surface area contributed by atoms with Gasteiger partial charge >= 0.3 is 0 Å². The number of nitrogens with zero attached hydrogens (tertiary/aromatic N) is 1. The molecule has 1 saturated carbocycles. The molecular formula is C11H16N4O. The molecule has 2 rings (SSSR count). The normalized spacial score (nSPS) is 15.5. The van der Waals surface area contributed by atoms with Crippen LogP contribution < -0.4 is 16.8 Å². The fraction of sp³-hybridized carbons (Fsp3) is 0.455. The molecule has 1 aromatic rings. The van der Waals surface area contributed by atoms with Gasteiger partial charge in [-0.05, 0) is 30.9 Å². The van der Waals surface area contributed by atoms with Crippen molar-refractivity contribution in [2.24, 2.45) is 11.7 Å². The standard InChI is InChI=1S/C11H16N4O/c12-8-4-5-9(10(13)16)15-11(8)14-6-7-2-1-3-7/h4-5,7H,1-3,6,12H2,(H2,13,16)(H,14,15). The summed E-state index contributed by atoms with van der Waals surface area (Å²) in [7, 11) is 0. The smallest absolute Gasteiger partial charge is 0.267 e. The second-order valence-corrected chi connectivity index (χ2v) is 4.18. The third-order valence-corrected chi connectivity index (χ3v) is 2.96. The molecule has 0 aliphatic heterocycles. The largest absolute Gasteiger partial charge is 0.396 e. The first kappa shape index (κ1) is 10.7. The highest BCUT2D eigenvalue weighted by molar-refractivity contribution is 5.91. The Morgan fingerprint density at radius 3 is 2.81 bits per heavy atom. The first-order valence-corrected chi connectivity index (χ1v) is 5.47. The Kier molecular flexibility index (Phi) is 2.94. The van der Waals surface area contributed by atoms with Gasteiger partial charge in [-0.2, -0.15) is 0 Å². The zero-order chi connectivity index (χ0) is 11.5. The van der Waals surface area contributed by atoms with E-state index in [1.165, 1.54) is 25.3 Å². The van der Waals surface area contributed by atoms with Crippen molar-refractivity contribution in [1.82, 2.24) is 4.98 Å². The Balaban J connectivity index is 2.05. The minimum atomic E-state index is -0.535. The van der Waals surface area contributed by atoms with Crippen molar-refractivity contribution in [3.63, 3.8) is 0 Å². The van der Waals surface area contributed by atoms with E-state index in [1.807, 2.05) is 0 Å². The van der Waals surface area contributed by atoms with Crippen LogP contribution in [0.2, 0.25) is 0 Å². The molecule has 1 amide bonds. The van der Waals surface area contributed by atoms with Gasteiger partial charge in [0.25, 0.3) is 5.91 Å². The molecular weight excluding hydrogens is 204 g/mol. The topological polar surface area (TPSA) is 94.0 Å². The van der Waals surface area contributed by atoms with Crippen LogP contribution in [0.25, 0.3) is 0 Å². The van der Waals surface area contributed by atoms with E-state index in [0.29, 0.717) is 17.4 Å². The fourth-order valence-corrected chi connectivity index (χ4v) is 1.69. The van der Waals surface area contributed by atoms with Crippen LogP contribution in [0.3, 0.4) is 0 Å². The number of primary amides is 1. The number of carbonyl (C=O) groups is 1. The number of anilines is 2. The summed E-state index contributed by atoms with van der Waals surface area (Å²) >= 11 is 0. The van der Waals surface area contributed by atoms with Gasteiger partial charge in [0.1, 0.15) is 11.5 Å². The molecule has 0 unspecified atom stereocenters. The molecule has 1 heterocycles. The van der Waals surface area contributed by atoms with Crippen molar-refractivity contribution in [2.75, 3.05) is 17.6 Å². The number of hydrogen-bond acceptors (Lipinski definition) is 4. The zero-order valence-corrected chi connectivity index (χ0v) is 9.07. The summed E-state index contributed by atoms with van der Waals surface area (Å²) in [6.07, 6.45) is 3.81. The van der Waals surface area contributed by atoms with Crippen molar-refractivity contribution in [1.29, 1.82) is 0 Å². The first-order chi connectivity index (χ1) is 7.66. The van der Waals surface area contributed by atoms with Crippen LogP contribution in [-0.2, 0) is 0 Å². The number of amides is 1. The summed E-state index contributed by atoms with van der Waals surface area (Å²) in [6, 6.07) is 3.18. The molecule has 1 aromatic heterocycles. The number of rotatable bonds is 4. The van der Waals surface area contributed by atoms with Crippen molar-refractivity contribution in [2.45, 2.75) is 19.3 Å². The number of hydrogen-bond donors (Lipinski definition) is 3. The quantitative estimate of drug-likeness (QED) is 0.704. The van der Waals surface area contributed by atoms with Gasteiger partial charge in [0, 0.05) is 6.54 Å². The molecule has 1 aliphatic rings. The van der Waals surface area contributed by atoms with Gasteiger partial charge in [0.2, 0.25) is 0 Å². The van der Waals surface area contributed by atoms with Crippen LogP contribution >= 0.6 is 0 Å². The van der Waals surface area contributed by atoms with Crippen LogP contribution in [0.5, 0.6) is 0 Å². The molecule has 0 atom stereocenters. The predicted molar refractivity (Wildman–Crippen MR) is 63.0 cm³/mol. The Morgan fingerprint density at radius 1 is 1.50 bits per heavy atom.